The number of benzene rings is 1. The van der Waals surface area contributed by atoms with Crippen molar-refractivity contribution < 1.29 is 9.90 Å². The van der Waals surface area contributed by atoms with Crippen LogP contribution < -0.4 is 0 Å². The van der Waals surface area contributed by atoms with Crippen LogP contribution in [0.15, 0.2) is 36.4 Å². The standard InChI is InChI=1S/C20H24ClN3O2/c1-15-4-2-5-17(22-15)14-23-8-3-9-24(11-10-23)20(26)13-16-6-7-19(25)18(21)12-16/h2,4-7,12,25H,3,8-11,13-14H2,1H3. The van der Waals surface area contributed by atoms with Gasteiger partial charge in [0.25, 0.3) is 0 Å². The number of rotatable bonds is 4. The molecule has 1 N–H and O–H groups in total. The van der Waals surface area contributed by atoms with Gasteiger partial charge in [0.2, 0.25) is 5.91 Å². The predicted molar refractivity (Wildman–Crippen MR) is 102 cm³/mol. The van der Waals surface area contributed by atoms with Gasteiger partial charge in [-0.2, -0.15) is 0 Å². The van der Waals surface area contributed by atoms with Gasteiger partial charge in [-0.1, -0.05) is 23.7 Å². The molecule has 0 atom stereocenters. The SMILES string of the molecule is Cc1cccc(CN2CCCN(C(=O)Cc3ccc(O)c(Cl)c3)CC2)n1. The second kappa shape index (κ2) is 8.52. The van der Waals surface area contributed by atoms with Crippen molar-refractivity contribution in [1.82, 2.24) is 14.8 Å². The zero-order valence-electron chi connectivity index (χ0n) is 15.0. The van der Waals surface area contributed by atoms with Gasteiger partial charge in [-0.15, -0.1) is 0 Å². The molecule has 0 bridgehead atoms. The molecule has 5 nitrogen and oxygen atoms in total. The monoisotopic (exact) mass is 373 g/mol. The number of hydrogen-bond acceptors (Lipinski definition) is 4. The molecule has 26 heavy (non-hydrogen) atoms. The third kappa shape index (κ3) is 4.96. The van der Waals surface area contributed by atoms with Gasteiger partial charge >= 0.3 is 0 Å². The van der Waals surface area contributed by atoms with Crippen LogP contribution in [0.25, 0.3) is 0 Å². The summed E-state index contributed by atoms with van der Waals surface area (Å²) in [6, 6.07) is 11.0. The quantitative estimate of drug-likeness (QED) is 0.895. The lowest BCUT2D eigenvalue weighted by Gasteiger charge is -2.22. The fourth-order valence-corrected chi connectivity index (χ4v) is 3.45. The van der Waals surface area contributed by atoms with Crippen LogP contribution in [0.5, 0.6) is 5.75 Å². The minimum absolute atomic E-state index is 0.0399. The second-order valence-corrected chi connectivity index (χ2v) is 7.15. The molecule has 0 radical (unpaired) electrons. The molecular weight excluding hydrogens is 350 g/mol. The third-order valence-electron chi connectivity index (χ3n) is 4.64. The van der Waals surface area contributed by atoms with Gasteiger partial charge in [0, 0.05) is 38.4 Å². The molecule has 1 aromatic heterocycles. The van der Waals surface area contributed by atoms with Gasteiger partial charge in [0.05, 0.1) is 17.1 Å². The Hall–Kier alpha value is -2.11. The van der Waals surface area contributed by atoms with Crippen molar-refractivity contribution in [2.75, 3.05) is 26.2 Å². The number of hydrogen-bond donors (Lipinski definition) is 1. The largest absolute Gasteiger partial charge is 0.506 e. The Morgan fingerprint density at radius 3 is 2.81 bits per heavy atom. The Kier molecular flexibility index (Phi) is 6.12. The van der Waals surface area contributed by atoms with Crippen LogP contribution in [0, 0.1) is 6.92 Å². The van der Waals surface area contributed by atoms with E-state index in [2.05, 4.69) is 16.0 Å². The van der Waals surface area contributed by atoms with E-state index in [1.807, 2.05) is 24.0 Å². The number of halogens is 1. The van der Waals surface area contributed by atoms with E-state index in [1.165, 1.54) is 6.07 Å². The highest BCUT2D eigenvalue weighted by atomic mass is 35.5. The number of aryl methyl sites for hydroxylation is 1. The Morgan fingerprint density at radius 1 is 1.19 bits per heavy atom. The molecule has 3 rings (SSSR count). The van der Waals surface area contributed by atoms with E-state index < -0.39 is 0 Å². The topological polar surface area (TPSA) is 56.7 Å². The van der Waals surface area contributed by atoms with E-state index in [9.17, 15) is 9.90 Å². The summed E-state index contributed by atoms with van der Waals surface area (Å²) in [4.78, 5) is 21.5. The Labute approximate surface area is 159 Å². The molecule has 1 aliphatic heterocycles. The van der Waals surface area contributed by atoms with Gasteiger partial charge in [-0.3, -0.25) is 14.7 Å². The van der Waals surface area contributed by atoms with Gasteiger partial charge in [-0.25, -0.2) is 0 Å². The number of carbonyl (C=O) groups is 1. The van der Waals surface area contributed by atoms with Gasteiger partial charge in [0.15, 0.2) is 0 Å². The number of aromatic hydroxyl groups is 1. The summed E-state index contributed by atoms with van der Waals surface area (Å²) in [5.74, 6) is 0.139. The number of aromatic nitrogens is 1. The van der Waals surface area contributed by atoms with Crippen LogP contribution in [0.1, 0.15) is 23.4 Å². The normalized spacial score (nSPS) is 15.7. The lowest BCUT2D eigenvalue weighted by Crippen LogP contribution is -2.36. The summed E-state index contributed by atoms with van der Waals surface area (Å²) < 4.78 is 0. The molecule has 1 aromatic carbocycles. The summed E-state index contributed by atoms with van der Waals surface area (Å²) in [6.45, 7) is 6.11. The van der Waals surface area contributed by atoms with Crippen molar-refractivity contribution in [2.45, 2.75) is 26.3 Å². The molecule has 0 saturated carbocycles. The molecule has 6 heteroatoms. The third-order valence-corrected chi connectivity index (χ3v) is 4.94. The summed E-state index contributed by atoms with van der Waals surface area (Å²) in [5.41, 5.74) is 2.92. The maximum atomic E-state index is 12.6. The van der Waals surface area contributed by atoms with E-state index in [0.717, 1.165) is 56.1 Å². The first-order valence-electron chi connectivity index (χ1n) is 8.91. The van der Waals surface area contributed by atoms with Gasteiger partial charge < -0.3 is 10.0 Å². The number of carbonyl (C=O) groups excluding carboxylic acids is 1. The van der Waals surface area contributed by atoms with E-state index >= 15 is 0 Å². The maximum absolute atomic E-state index is 12.6. The minimum Gasteiger partial charge on any atom is -0.506 e. The molecule has 138 valence electrons. The van der Waals surface area contributed by atoms with Gasteiger partial charge in [-0.05, 0) is 43.2 Å². The zero-order valence-corrected chi connectivity index (χ0v) is 15.7. The smallest absolute Gasteiger partial charge is 0.227 e. The van der Waals surface area contributed by atoms with Crippen LogP contribution in [-0.2, 0) is 17.8 Å². The average molecular weight is 374 g/mol. The highest BCUT2D eigenvalue weighted by Crippen LogP contribution is 2.24. The first-order chi connectivity index (χ1) is 12.5. The van der Waals surface area contributed by atoms with Crippen LogP contribution in [0.2, 0.25) is 5.02 Å². The maximum Gasteiger partial charge on any atom is 0.227 e. The molecule has 2 heterocycles. The fourth-order valence-electron chi connectivity index (χ4n) is 3.24. The van der Waals surface area contributed by atoms with Gasteiger partial charge in [0.1, 0.15) is 5.75 Å². The lowest BCUT2D eigenvalue weighted by molar-refractivity contribution is -0.130. The van der Waals surface area contributed by atoms with Crippen LogP contribution in [-0.4, -0.2) is 52.0 Å². The first kappa shape index (κ1) is 18.7. The van der Waals surface area contributed by atoms with E-state index in [1.54, 1.807) is 12.1 Å². The molecule has 0 aliphatic carbocycles. The first-order valence-corrected chi connectivity index (χ1v) is 9.29. The minimum atomic E-state index is 0.0399. The van der Waals surface area contributed by atoms with Crippen molar-refractivity contribution in [3.63, 3.8) is 0 Å². The van der Waals surface area contributed by atoms with Crippen molar-refractivity contribution in [3.8, 4) is 5.75 Å². The summed E-state index contributed by atoms with van der Waals surface area (Å²) in [6.07, 6.45) is 1.26. The molecule has 1 saturated heterocycles. The number of amides is 1. The predicted octanol–water partition coefficient (Wildman–Crippen LogP) is 3.03. The van der Waals surface area contributed by atoms with E-state index in [0.29, 0.717) is 6.42 Å². The summed E-state index contributed by atoms with van der Waals surface area (Å²) >= 11 is 5.93. The Bertz CT molecular complexity index is 781. The summed E-state index contributed by atoms with van der Waals surface area (Å²) in [5, 5.41) is 9.77. The van der Waals surface area contributed by atoms with Crippen molar-refractivity contribution >= 4 is 17.5 Å². The summed E-state index contributed by atoms with van der Waals surface area (Å²) in [7, 11) is 0. The van der Waals surface area contributed by atoms with E-state index in [-0.39, 0.29) is 16.7 Å². The molecule has 2 aromatic rings. The van der Waals surface area contributed by atoms with Crippen LogP contribution in [0.4, 0.5) is 0 Å². The van der Waals surface area contributed by atoms with Crippen molar-refractivity contribution in [1.29, 1.82) is 0 Å². The second-order valence-electron chi connectivity index (χ2n) is 6.74. The van der Waals surface area contributed by atoms with E-state index in [4.69, 9.17) is 11.6 Å². The zero-order chi connectivity index (χ0) is 18.5. The number of nitrogens with zero attached hydrogens (tertiary/aromatic N) is 3. The Balaban J connectivity index is 1.55. The molecule has 1 amide bonds. The fraction of sp³-hybridized carbons (Fsp3) is 0.400. The highest BCUT2D eigenvalue weighted by Gasteiger charge is 2.20. The molecule has 1 fully saturated rings. The average Bonchev–Trinajstić information content (AvgIpc) is 2.84. The van der Waals surface area contributed by atoms with Crippen LogP contribution >= 0.6 is 11.6 Å². The van der Waals surface area contributed by atoms with Crippen molar-refractivity contribution in [2.24, 2.45) is 0 Å². The molecule has 0 spiro atoms. The lowest BCUT2D eigenvalue weighted by atomic mass is 10.1. The molecular formula is C20H24ClN3O2. The number of phenolic OH excluding ortho intramolecular Hbond substituents is 1. The Morgan fingerprint density at radius 2 is 2.04 bits per heavy atom. The van der Waals surface area contributed by atoms with Crippen molar-refractivity contribution in [3.05, 3.63) is 58.4 Å². The highest BCUT2D eigenvalue weighted by molar-refractivity contribution is 6.32. The molecule has 1 aliphatic rings. The molecule has 0 unspecified atom stereocenters. The number of phenols is 1. The number of pyridine rings is 1. The van der Waals surface area contributed by atoms with Crippen LogP contribution in [0.3, 0.4) is 0 Å².